The highest BCUT2D eigenvalue weighted by atomic mass is 16.2. The van der Waals surface area contributed by atoms with Gasteiger partial charge >= 0.3 is 0 Å². The molecule has 0 spiro atoms. The van der Waals surface area contributed by atoms with Crippen LogP contribution in [0.25, 0.3) is 0 Å². The molecule has 1 aromatic rings. The molecule has 4 nitrogen and oxygen atoms in total. The van der Waals surface area contributed by atoms with Crippen LogP contribution in [0, 0.1) is 0 Å². The van der Waals surface area contributed by atoms with Gasteiger partial charge in [-0.05, 0) is 32.5 Å². The zero-order valence-corrected chi connectivity index (χ0v) is 13.2. The van der Waals surface area contributed by atoms with Crippen LogP contribution < -0.4 is 5.73 Å². The summed E-state index contributed by atoms with van der Waals surface area (Å²) in [6.07, 6.45) is 4.66. The number of hydrogen-bond donors (Lipinski definition) is 1. The number of carbonyl (C=O) groups is 1. The van der Waals surface area contributed by atoms with Crippen molar-refractivity contribution in [2.45, 2.75) is 37.8 Å². The number of rotatable bonds is 6. The smallest absolute Gasteiger partial charge is 0.244 e. The lowest BCUT2D eigenvalue weighted by atomic mass is 10.0. The molecule has 0 aromatic heterocycles. The van der Waals surface area contributed by atoms with Crippen LogP contribution in [0.4, 0.5) is 0 Å². The Labute approximate surface area is 127 Å². The molecule has 1 saturated carbocycles. The molecule has 116 valence electrons. The van der Waals surface area contributed by atoms with Crippen LogP contribution in [-0.4, -0.2) is 48.9 Å². The van der Waals surface area contributed by atoms with Gasteiger partial charge in [0.1, 0.15) is 6.04 Å². The third kappa shape index (κ3) is 4.29. The van der Waals surface area contributed by atoms with E-state index in [0.717, 1.165) is 31.5 Å². The van der Waals surface area contributed by atoms with Crippen LogP contribution in [0.5, 0.6) is 0 Å². The Hall–Kier alpha value is -1.39. The van der Waals surface area contributed by atoms with E-state index in [1.807, 2.05) is 49.3 Å². The Kier molecular flexibility index (Phi) is 5.76. The molecule has 0 heterocycles. The van der Waals surface area contributed by atoms with Crippen molar-refractivity contribution in [2.75, 3.05) is 27.2 Å². The molecule has 0 saturated heterocycles. The monoisotopic (exact) mass is 289 g/mol. The van der Waals surface area contributed by atoms with Gasteiger partial charge in [-0.15, -0.1) is 0 Å². The molecule has 1 fully saturated rings. The highest BCUT2D eigenvalue weighted by molar-refractivity contribution is 5.83. The number of nitrogens with zero attached hydrogens (tertiary/aromatic N) is 2. The standard InChI is InChI=1S/C17H27N3O/c1-19(2)12-13-20(15-10-6-7-11-15)17(21)16(18)14-8-4-3-5-9-14/h3-5,8-9,15-16H,6-7,10-13,18H2,1-2H3. The molecular formula is C17H27N3O. The fourth-order valence-corrected chi connectivity index (χ4v) is 2.98. The van der Waals surface area contributed by atoms with Crippen LogP contribution in [0.1, 0.15) is 37.3 Å². The molecule has 0 bridgehead atoms. The second-order valence-electron chi connectivity index (χ2n) is 6.16. The summed E-state index contributed by atoms with van der Waals surface area (Å²) in [5, 5.41) is 0. The first kappa shape index (κ1) is 16.0. The Morgan fingerprint density at radius 3 is 2.38 bits per heavy atom. The Bertz CT molecular complexity index is 441. The Morgan fingerprint density at radius 2 is 1.81 bits per heavy atom. The van der Waals surface area contributed by atoms with Gasteiger partial charge in [0, 0.05) is 19.1 Å². The zero-order chi connectivity index (χ0) is 15.2. The molecule has 1 amide bonds. The summed E-state index contributed by atoms with van der Waals surface area (Å²) in [5.74, 6) is 0.0648. The molecule has 1 aliphatic carbocycles. The molecule has 0 radical (unpaired) electrons. The Morgan fingerprint density at radius 1 is 1.19 bits per heavy atom. The predicted octanol–water partition coefficient (Wildman–Crippen LogP) is 2.02. The summed E-state index contributed by atoms with van der Waals surface area (Å²) in [4.78, 5) is 17.0. The summed E-state index contributed by atoms with van der Waals surface area (Å²) in [6, 6.07) is 9.50. The van der Waals surface area contributed by atoms with E-state index in [9.17, 15) is 4.79 Å². The summed E-state index contributed by atoms with van der Waals surface area (Å²) in [5.41, 5.74) is 7.11. The first-order chi connectivity index (χ1) is 10.1. The number of carbonyl (C=O) groups excluding carboxylic acids is 1. The van der Waals surface area contributed by atoms with Crippen molar-refractivity contribution in [3.63, 3.8) is 0 Å². The van der Waals surface area contributed by atoms with Gasteiger partial charge < -0.3 is 15.5 Å². The van der Waals surface area contributed by atoms with E-state index >= 15 is 0 Å². The van der Waals surface area contributed by atoms with Crippen molar-refractivity contribution in [1.29, 1.82) is 0 Å². The van der Waals surface area contributed by atoms with E-state index in [-0.39, 0.29) is 5.91 Å². The molecule has 2 N–H and O–H groups in total. The molecule has 1 aliphatic rings. The molecule has 1 unspecified atom stereocenters. The number of hydrogen-bond acceptors (Lipinski definition) is 3. The minimum absolute atomic E-state index is 0.0648. The number of likely N-dealkylation sites (N-methyl/N-ethyl adjacent to an activating group) is 1. The second kappa shape index (κ2) is 7.57. The summed E-state index contributed by atoms with van der Waals surface area (Å²) in [7, 11) is 4.07. The fourth-order valence-electron chi connectivity index (χ4n) is 2.98. The zero-order valence-electron chi connectivity index (χ0n) is 13.2. The van der Waals surface area contributed by atoms with Crippen molar-refractivity contribution in [3.8, 4) is 0 Å². The number of amides is 1. The van der Waals surface area contributed by atoms with Gasteiger partial charge in [-0.2, -0.15) is 0 Å². The normalized spacial score (nSPS) is 17.1. The van der Waals surface area contributed by atoms with Crippen LogP contribution in [0.15, 0.2) is 30.3 Å². The third-order valence-electron chi connectivity index (χ3n) is 4.26. The summed E-state index contributed by atoms with van der Waals surface area (Å²) >= 11 is 0. The molecule has 4 heteroatoms. The summed E-state index contributed by atoms with van der Waals surface area (Å²) < 4.78 is 0. The highest BCUT2D eigenvalue weighted by Gasteiger charge is 2.30. The number of nitrogens with two attached hydrogens (primary N) is 1. The molecule has 1 aromatic carbocycles. The van der Waals surface area contributed by atoms with Gasteiger partial charge in [-0.25, -0.2) is 0 Å². The van der Waals surface area contributed by atoms with Crippen molar-refractivity contribution in [2.24, 2.45) is 5.73 Å². The topological polar surface area (TPSA) is 49.6 Å². The van der Waals surface area contributed by atoms with E-state index < -0.39 is 6.04 Å². The van der Waals surface area contributed by atoms with Crippen molar-refractivity contribution in [3.05, 3.63) is 35.9 Å². The average molecular weight is 289 g/mol. The van der Waals surface area contributed by atoms with Gasteiger partial charge in [-0.3, -0.25) is 4.79 Å². The van der Waals surface area contributed by atoms with Crippen LogP contribution in [0.3, 0.4) is 0 Å². The van der Waals surface area contributed by atoms with E-state index in [0.29, 0.717) is 6.04 Å². The van der Waals surface area contributed by atoms with Gasteiger partial charge in [-0.1, -0.05) is 43.2 Å². The van der Waals surface area contributed by atoms with E-state index in [1.165, 1.54) is 12.8 Å². The predicted molar refractivity (Wildman–Crippen MR) is 85.9 cm³/mol. The lowest BCUT2D eigenvalue weighted by Crippen LogP contribution is -2.46. The maximum atomic E-state index is 12.8. The maximum Gasteiger partial charge on any atom is 0.244 e. The van der Waals surface area contributed by atoms with Crippen molar-refractivity contribution < 1.29 is 4.79 Å². The van der Waals surface area contributed by atoms with Crippen LogP contribution >= 0.6 is 0 Å². The first-order valence-corrected chi connectivity index (χ1v) is 7.85. The molecule has 1 atom stereocenters. The van der Waals surface area contributed by atoms with Crippen LogP contribution in [-0.2, 0) is 4.79 Å². The molecule has 21 heavy (non-hydrogen) atoms. The molecular weight excluding hydrogens is 262 g/mol. The average Bonchev–Trinajstić information content (AvgIpc) is 3.01. The van der Waals surface area contributed by atoms with E-state index in [1.54, 1.807) is 0 Å². The van der Waals surface area contributed by atoms with Gasteiger partial charge in [0.15, 0.2) is 0 Å². The number of benzene rings is 1. The molecule has 0 aliphatic heterocycles. The van der Waals surface area contributed by atoms with Gasteiger partial charge in [0.05, 0.1) is 0 Å². The molecule has 2 rings (SSSR count). The SMILES string of the molecule is CN(C)CCN(C(=O)C(N)c1ccccc1)C1CCCC1. The van der Waals surface area contributed by atoms with E-state index in [2.05, 4.69) is 4.90 Å². The minimum Gasteiger partial charge on any atom is -0.337 e. The Balaban J connectivity index is 2.09. The summed E-state index contributed by atoms with van der Waals surface area (Å²) in [6.45, 7) is 1.64. The van der Waals surface area contributed by atoms with Crippen molar-refractivity contribution >= 4 is 5.91 Å². The minimum atomic E-state index is -0.547. The lowest BCUT2D eigenvalue weighted by Gasteiger charge is -2.32. The quantitative estimate of drug-likeness (QED) is 0.871. The van der Waals surface area contributed by atoms with Crippen molar-refractivity contribution in [1.82, 2.24) is 9.80 Å². The van der Waals surface area contributed by atoms with Crippen LogP contribution in [0.2, 0.25) is 0 Å². The second-order valence-corrected chi connectivity index (χ2v) is 6.16. The van der Waals surface area contributed by atoms with Gasteiger partial charge in [0.25, 0.3) is 0 Å². The van der Waals surface area contributed by atoms with E-state index in [4.69, 9.17) is 5.73 Å². The fraction of sp³-hybridized carbons (Fsp3) is 0.588. The third-order valence-corrected chi connectivity index (χ3v) is 4.26. The first-order valence-electron chi connectivity index (χ1n) is 7.85. The highest BCUT2D eigenvalue weighted by Crippen LogP contribution is 2.25. The largest absolute Gasteiger partial charge is 0.337 e. The van der Waals surface area contributed by atoms with Gasteiger partial charge in [0.2, 0.25) is 5.91 Å². The maximum absolute atomic E-state index is 12.8. The lowest BCUT2D eigenvalue weighted by molar-refractivity contribution is -0.135.